The summed E-state index contributed by atoms with van der Waals surface area (Å²) in [7, 11) is 3.52. The highest BCUT2D eigenvalue weighted by Crippen LogP contribution is 2.12. The molecule has 0 aliphatic rings. The van der Waals surface area contributed by atoms with Crippen molar-refractivity contribution in [2.75, 3.05) is 0 Å². The molecule has 0 spiro atoms. The minimum absolute atomic E-state index is 0.0260. The van der Waals surface area contributed by atoms with E-state index in [-0.39, 0.29) is 5.69 Å². The smallest absolute Gasteiger partial charge is 0.300 e. The summed E-state index contributed by atoms with van der Waals surface area (Å²) in [6.45, 7) is 1.35. The predicted octanol–water partition coefficient (Wildman–Crippen LogP) is -0.680. The van der Waals surface area contributed by atoms with E-state index in [0.29, 0.717) is 4.57 Å². The molecule has 0 atom stereocenters. The monoisotopic (exact) mass is 252 g/mol. The highest BCUT2D eigenvalue weighted by atomic mass is 35.7. The maximum absolute atomic E-state index is 11.5. The zero-order valence-corrected chi connectivity index (χ0v) is 9.89. The van der Waals surface area contributed by atoms with Crippen LogP contribution in [0.25, 0.3) is 0 Å². The second-order valence-electron chi connectivity index (χ2n) is 3.06. The van der Waals surface area contributed by atoms with E-state index in [1.807, 2.05) is 0 Å². The van der Waals surface area contributed by atoms with E-state index in [1.54, 1.807) is 0 Å². The number of halogens is 1. The first-order valence-corrected chi connectivity index (χ1v) is 6.20. The number of rotatable bonds is 1. The summed E-state index contributed by atoms with van der Waals surface area (Å²) in [5.74, 6) is 0. The predicted molar refractivity (Wildman–Crippen MR) is 54.7 cm³/mol. The van der Waals surface area contributed by atoms with E-state index in [9.17, 15) is 18.0 Å². The first-order valence-electron chi connectivity index (χ1n) is 3.89. The largest absolute Gasteiger partial charge is 0.330 e. The molecule has 0 saturated carbocycles. The molecule has 0 aromatic carbocycles. The van der Waals surface area contributed by atoms with Crippen molar-refractivity contribution in [3.63, 3.8) is 0 Å². The molecule has 15 heavy (non-hydrogen) atoms. The van der Waals surface area contributed by atoms with Gasteiger partial charge in [0.05, 0.1) is 0 Å². The maximum atomic E-state index is 11.5. The van der Waals surface area contributed by atoms with Crippen LogP contribution in [0.15, 0.2) is 14.5 Å². The third-order valence-corrected chi connectivity index (χ3v) is 3.57. The van der Waals surface area contributed by atoms with E-state index in [1.165, 1.54) is 21.0 Å². The molecule has 84 valence electrons. The molecule has 1 aromatic heterocycles. The third kappa shape index (κ3) is 1.84. The van der Waals surface area contributed by atoms with Crippen LogP contribution in [0, 0.1) is 6.92 Å². The molecule has 8 heteroatoms. The molecule has 0 saturated heterocycles. The van der Waals surface area contributed by atoms with Crippen molar-refractivity contribution < 1.29 is 8.42 Å². The molecule has 0 N–H and O–H groups in total. The molecule has 1 rings (SSSR count). The van der Waals surface area contributed by atoms with E-state index >= 15 is 0 Å². The van der Waals surface area contributed by atoms with Crippen LogP contribution in [0.5, 0.6) is 0 Å². The van der Waals surface area contributed by atoms with E-state index in [2.05, 4.69) is 0 Å². The van der Waals surface area contributed by atoms with Crippen molar-refractivity contribution in [1.29, 1.82) is 0 Å². The van der Waals surface area contributed by atoms with Gasteiger partial charge in [0.2, 0.25) is 0 Å². The number of nitrogens with zero attached hydrogens (tertiary/aromatic N) is 2. The van der Waals surface area contributed by atoms with Gasteiger partial charge in [-0.3, -0.25) is 13.9 Å². The Morgan fingerprint density at radius 3 is 2.00 bits per heavy atom. The van der Waals surface area contributed by atoms with Crippen LogP contribution >= 0.6 is 10.7 Å². The van der Waals surface area contributed by atoms with E-state index in [0.717, 1.165) is 4.57 Å². The molecule has 0 amide bonds. The Labute approximate surface area is 90.1 Å². The summed E-state index contributed by atoms with van der Waals surface area (Å²) >= 11 is 0. The summed E-state index contributed by atoms with van der Waals surface area (Å²) in [6.07, 6.45) is 0. The Balaban J connectivity index is 4.03. The van der Waals surface area contributed by atoms with Gasteiger partial charge >= 0.3 is 5.69 Å². The summed E-state index contributed by atoms with van der Waals surface area (Å²) in [6, 6.07) is 0. The Morgan fingerprint density at radius 1 is 1.13 bits per heavy atom. The van der Waals surface area contributed by atoms with Crippen molar-refractivity contribution in [3.05, 3.63) is 26.5 Å². The molecule has 0 aliphatic carbocycles. The lowest BCUT2D eigenvalue weighted by Crippen LogP contribution is -2.40. The lowest BCUT2D eigenvalue weighted by Gasteiger charge is -2.08. The van der Waals surface area contributed by atoms with Crippen LogP contribution in [0.2, 0.25) is 0 Å². The van der Waals surface area contributed by atoms with E-state index in [4.69, 9.17) is 10.7 Å². The second-order valence-corrected chi connectivity index (χ2v) is 5.56. The van der Waals surface area contributed by atoms with Crippen LogP contribution < -0.4 is 11.2 Å². The number of hydrogen-bond acceptors (Lipinski definition) is 4. The SMILES string of the molecule is Cc1c(S(=O)(=O)Cl)c(=O)n(C)c(=O)n1C. The lowest BCUT2D eigenvalue weighted by atomic mass is 10.4. The Kier molecular flexibility index (Phi) is 2.79. The van der Waals surface area contributed by atoms with Crippen molar-refractivity contribution in [2.24, 2.45) is 14.1 Å². The minimum Gasteiger partial charge on any atom is -0.300 e. The normalized spacial score (nSPS) is 11.7. The summed E-state index contributed by atoms with van der Waals surface area (Å²) in [4.78, 5) is 22.3. The molecule has 1 heterocycles. The molecule has 0 fully saturated rings. The first-order chi connectivity index (χ1) is 6.68. The Morgan fingerprint density at radius 2 is 1.60 bits per heavy atom. The first kappa shape index (κ1) is 12.0. The average Bonchev–Trinajstić information content (AvgIpc) is 2.09. The molecule has 1 aromatic rings. The summed E-state index contributed by atoms with van der Waals surface area (Å²) < 4.78 is 24.0. The second kappa shape index (κ2) is 3.49. The summed E-state index contributed by atoms with van der Waals surface area (Å²) in [5, 5.41) is 0. The molecular formula is C7H9ClN2O4S. The van der Waals surface area contributed by atoms with Crippen molar-refractivity contribution in [3.8, 4) is 0 Å². The van der Waals surface area contributed by atoms with Gasteiger partial charge in [0.15, 0.2) is 4.90 Å². The molecule has 0 unspecified atom stereocenters. The molecule has 0 radical (unpaired) electrons. The van der Waals surface area contributed by atoms with Crippen LogP contribution in [0.4, 0.5) is 0 Å². The van der Waals surface area contributed by atoms with Gasteiger partial charge in [-0.1, -0.05) is 0 Å². The van der Waals surface area contributed by atoms with Crippen molar-refractivity contribution >= 4 is 19.7 Å². The topological polar surface area (TPSA) is 78.1 Å². The molecular weight excluding hydrogens is 244 g/mol. The highest BCUT2D eigenvalue weighted by Gasteiger charge is 2.22. The van der Waals surface area contributed by atoms with Crippen LogP contribution in [-0.4, -0.2) is 17.6 Å². The molecule has 6 nitrogen and oxygen atoms in total. The van der Waals surface area contributed by atoms with Gasteiger partial charge in [-0.05, 0) is 6.92 Å². The highest BCUT2D eigenvalue weighted by molar-refractivity contribution is 8.13. The third-order valence-electron chi connectivity index (χ3n) is 2.15. The number of hydrogen-bond donors (Lipinski definition) is 0. The molecule has 0 bridgehead atoms. The minimum atomic E-state index is -4.15. The van der Waals surface area contributed by atoms with Gasteiger partial charge in [-0.15, -0.1) is 0 Å². The van der Waals surface area contributed by atoms with Crippen LogP contribution in [-0.2, 0) is 23.1 Å². The van der Waals surface area contributed by atoms with Gasteiger partial charge in [0.25, 0.3) is 14.6 Å². The fraction of sp³-hybridized carbons (Fsp3) is 0.429. The Bertz CT molecular complexity index is 626. The fourth-order valence-corrected chi connectivity index (χ4v) is 2.56. The zero-order chi connectivity index (χ0) is 12.0. The van der Waals surface area contributed by atoms with E-state index < -0.39 is 25.2 Å². The van der Waals surface area contributed by atoms with Gasteiger partial charge < -0.3 is 0 Å². The quantitative estimate of drug-likeness (QED) is 0.621. The molecule has 0 aliphatic heterocycles. The van der Waals surface area contributed by atoms with Crippen molar-refractivity contribution in [2.45, 2.75) is 11.8 Å². The maximum Gasteiger partial charge on any atom is 0.330 e. The standard InChI is InChI=1S/C7H9ClN2O4S/c1-4-5(15(8,13)14)6(11)10(3)7(12)9(4)2/h1-3H3. The lowest BCUT2D eigenvalue weighted by molar-refractivity contribution is 0.591. The van der Waals surface area contributed by atoms with Gasteiger partial charge in [-0.2, -0.15) is 0 Å². The zero-order valence-electron chi connectivity index (χ0n) is 8.31. The Hall–Kier alpha value is -1.08. The summed E-state index contributed by atoms with van der Waals surface area (Å²) in [5.41, 5.74) is -1.48. The van der Waals surface area contributed by atoms with Gasteiger partial charge in [-0.25, -0.2) is 13.2 Å². The van der Waals surface area contributed by atoms with Gasteiger partial charge in [0, 0.05) is 30.5 Å². The average molecular weight is 253 g/mol. The van der Waals surface area contributed by atoms with Crippen molar-refractivity contribution in [1.82, 2.24) is 9.13 Å². The van der Waals surface area contributed by atoms with Crippen LogP contribution in [0.3, 0.4) is 0 Å². The fourth-order valence-electron chi connectivity index (χ4n) is 1.20. The van der Waals surface area contributed by atoms with Gasteiger partial charge in [0.1, 0.15) is 0 Å². The number of aromatic nitrogens is 2. The van der Waals surface area contributed by atoms with Crippen LogP contribution in [0.1, 0.15) is 5.69 Å².